The summed E-state index contributed by atoms with van der Waals surface area (Å²) in [6.07, 6.45) is -0.500. The molecule has 0 fully saturated rings. The van der Waals surface area contributed by atoms with Gasteiger partial charge in [-0.05, 0) is 55.4 Å². The second-order valence-electron chi connectivity index (χ2n) is 4.95. The molecule has 0 aliphatic heterocycles. The maximum absolute atomic E-state index is 10.2. The Bertz CT molecular complexity index is 193. The number of hydrogen-bond donors (Lipinski definition) is 4. The number of aliphatic carboxylic acids is 1. The Balaban J connectivity index is -0.0000000570. The predicted molar refractivity (Wildman–Crippen MR) is 79.5 cm³/mol. The van der Waals surface area contributed by atoms with Crippen molar-refractivity contribution in [3.63, 3.8) is 0 Å². The summed E-state index contributed by atoms with van der Waals surface area (Å²) in [6.45, 7) is 13.0. The Kier molecular flexibility index (Phi) is 34.2. The van der Waals surface area contributed by atoms with E-state index in [-0.39, 0.29) is 45.8 Å². The van der Waals surface area contributed by atoms with Crippen molar-refractivity contribution in [2.24, 2.45) is 5.92 Å². The van der Waals surface area contributed by atoms with E-state index in [9.17, 15) is 9.59 Å². The molecule has 6 nitrogen and oxygen atoms in total. The number of carboxylic acids is 1. The van der Waals surface area contributed by atoms with Gasteiger partial charge in [-0.2, -0.15) is 0 Å². The van der Waals surface area contributed by atoms with Crippen LogP contribution in [0.2, 0.25) is 0 Å². The number of hydrogen-bond acceptors (Lipinski definition) is 5. The normalized spacial score (nSPS) is 10.0. The Morgan fingerprint density at radius 1 is 0.714 bits per heavy atom. The zero-order chi connectivity index (χ0) is 17.5. The van der Waals surface area contributed by atoms with Crippen molar-refractivity contribution in [2.75, 3.05) is 0 Å². The van der Waals surface area contributed by atoms with Gasteiger partial charge >= 0.3 is 5.97 Å². The summed E-state index contributed by atoms with van der Waals surface area (Å²) in [4.78, 5) is 20.1. The molecule has 0 aliphatic rings. The van der Waals surface area contributed by atoms with Crippen LogP contribution in [-0.2, 0) is 31.3 Å². The summed E-state index contributed by atoms with van der Waals surface area (Å²) < 4.78 is 0. The quantitative estimate of drug-likeness (QED) is 0.445. The molecule has 1 atom stereocenters. The van der Waals surface area contributed by atoms with Gasteiger partial charge in [0.05, 0.1) is 0 Å². The van der Waals surface area contributed by atoms with Gasteiger partial charge in [0.25, 0.3) is 0 Å². The van der Waals surface area contributed by atoms with E-state index in [1.807, 2.05) is 0 Å². The van der Waals surface area contributed by atoms with Crippen molar-refractivity contribution < 1.29 is 51.7 Å². The van der Waals surface area contributed by atoms with E-state index in [4.69, 9.17) is 20.4 Å². The Hall–Kier alpha value is -0.266. The largest absolute Gasteiger partial charge is 0.481 e. The first-order chi connectivity index (χ1) is 8.75. The first kappa shape index (κ1) is 32.6. The number of carbonyl (C=O) groups excluding carboxylic acids is 1. The van der Waals surface area contributed by atoms with Gasteiger partial charge in [0.15, 0.2) is 0 Å². The Morgan fingerprint density at radius 2 is 0.857 bits per heavy atom. The molecule has 0 saturated heterocycles. The van der Waals surface area contributed by atoms with Gasteiger partial charge < -0.3 is 20.4 Å². The maximum Gasteiger partial charge on any atom is 0.313 e. The van der Waals surface area contributed by atoms with Crippen LogP contribution in [0.5, 0.6) is 0 Å². The van der Waals surface area contributed by atoms with Crippen molar-refractivity contribution in [2.45, 2.75) is 73.7 Å². The summed E-state index contributed by atoms with van der Waals surface area (Å²) in [5.74, 6) is -2.22. The van der Waals surface area contributed by atoms with Crippen molar-refractivity contribution in [3.8, 4) is 0 Å². The fraction of sp³-hybridized carbons (Fsp3) is 0.857. The smallest absolute Gasteiger partial charge is 0.313 e. The SMILES string of the molecule is CC(=O)C(C)C(=O)O.CC(C)O.CC(C)O.CC(C)O.[Ti]. The molecule has 4 N–H and O–H groups in total. The number of aliphatic hydroxyl groups is 3. The van der Waals surface area contributed by atoms with Crippen LogP contribution in [0, 0.1) is 5.92 Å². The van der Waals surface area contributed by atoms with E-state index in [1.54, 1.807) is 41.5 Å². The molecule has 0 heterocycles. The molecule has 128 valence electrons. The zero-order valence-electron chi connectivity index (χ0n) is 14.4. The molecule has 0 bridgehead atoms. The molecule has 0 amide bonds. The minimum atomic E-state index is -1.06. The summed E-state index contributed by atoms with van der Waals surface area (Å²) >= 11 is 0. The molecule has 0 aromatic heterocycles. The van der Waals surface area contributed by atoms with Gasteiger partial charge in [-0.15, -0.1) is 0 Å². The molecule has 0 radical (unpaired) electrons. The molecule has 0 spiro atoms. The first-order valence-electron chi connectivity index (χ1n) is 6.53. The van der Waals surface area contributed by atoms with Crippen LogP contribution in [0.4, 0.5) is 0 Å². The molecule has 21 heavy (non-hydrogen) atoms. The topological polar surface area (TPSA) is 115 Å². The van der Waals surface area contributed by atoms with E-state index in [0.29, 0.717) is 0 Å². The monoisotopic (exact) mass is 344 g/mol. The second kappa shape index (κ2) is 22.0. The van der Waals surface area contributed by atoms with Gasteiger partial charge in [-0.1, -0.05) is 0 Å². The van der Waals surface area contributed by atoms with Crippen LogP contribution in [-0.4, -0.2) is 50.5 Å². The fourth-order valence-electron chi connectivity index (χ4n) is 0.174. The van der Waals surface area contributed by atoms with E-state index in [0.717, 1.165) is 0 Å². The number of carboxylic acid groups (broad SMARTS) is 1. The van der Waals surface area contributed by atoms with E-state index >= 15 is 0 Å². The van der Waals surface area contributed by atoms with Crippen molar-refractivity contribution in [1.29, 1.82) is 0 Å². The first-order valence-corrected chi connectivity index (χ1v) is 6.53. The van der Waals surface area contributed by atoms with Crippen LogP contribution >= 0.6 is 0 Å². The number of ketones is 1. The van der Waals surface area contributed by atoms with Crippen molar-refractivity contribution in [1.82, 2.24) is 0 Å². The van der Waals surface area contributed by atoms with Crippen molar-refractivity contribution in [3.05, 3.63) is 0 Å². The standard InChI is InChI=1S/C5H8O3.3C3H8O.Ti/c1-3(4(2)6)5(7)8;3*1-3(2)4;/h3H,1-2H3,(H,7,8);3*3-4H,1-2H3;. The van der Waals surface area contributed by atoms with Crippen LogP contribution in [0.25, 0.3) is 0 Å². The van der Waals surface area contributed by atoms with Crippen LogP contribution < -0.4 is 0 Å². The molecule has 0 aromatic rings. The zero-order valence-corrected chi connectivity index (χ0v) is 16.0. The molecule has 7 heteroatoms. The number of rotatable bonds is 2. The summed E-state index contributed by atoms with van der Waals surface area (Å²) in [5.41, 5.74) is 0. The molecular weight excluding hydrogens is 312 g/mol. The van der Waals surface area contributed by atoms with Gasteiger partial charge in [0.2, 0.25) is 0 Å². The van der Waals surface area contributed by atoms with Gasteiger partial charge in [0.1, 0.15) is 11.7 Å². The van der Waals surface area contributed by atoms with Crippen molar-refractivity contribution >= 4 is 11.8 Å². The van der Waals surface area contributed by atoms with E-state index in [1.165, 1.54) is 13.8 Å². The average molecular weight is 344 g/mol. The molecule has 0 aliphatic carbocycles. The predicted octanol–water partition coefficient (Wildman–Crippen LogP) is 1.45. The molecule has 0 saturated carbocycles. The van der Waals surface area contributed by atoms with E-state index in [2.05, 4.69) is 0 Å². The second-order valence-corrected chi connectivity index (χ2v) is 4.95. The van der Waals surface area contributed by atoms with Crippen LogP contribution in [0.15, 0.2) is 0 Å². The third kappa shape index (κ3) is 104. The van der Waals surface area contributed by atoms with Gasteiger partial charge in [0, 0.05) is 40.0 Å². The summed E-state index contributed by atoms with van der Waals surface area (Å²) in [6, 6.07) is 0. The molecule has 0 rings (SSSR count). The van der Waals surface area contributed by atoms with Crippen LogP contribution in [0.3, 0.4) is 0 Å². The van der Waals surface area contributed by atoms with E-state index < -0.39 is 11.9 Å². The number of aliphatic hydroxyl groups excluding tert-OH is 3. The summed E-state index contributed by atoms with van der Waals surface area (Å²) in [5, 5.41) is 32.3. The van der Waals surface area contributed by atoms with Gasteiger partial charge in [-0.3, -0.25) is 9.59 Å². The summed E-state index contributed by atoms with van der Waals surface area (Å²) in [7, 11) is 0. The van der Waals surface area contributed by atoms with Crippen LogP contribution in [0.1, 0.15) is 55.4 Å². The minimum absolute atomic E-state index is 0. The Morgan fingerprint density at radius 3 is 0.857 bits per heavy atom. The number of Topliss-reactive ketones (excluding diaryl/α,β-unsaturated/α-hetero) is 1. The molecule has 1 unspecified atom stereocenters. The fourth-order valence-corrected chi connectivity index (χ4v) is 0.174. The van der Waals surface area contributed by atoms with Gasteiger partial charge in [-0.25, -0.2) is 0 Å². The molecule has 0 aromatic carbocycles. The third-order valence-corrected chi connectivity index (χ3v) is 0.980. The Labute approximate surface area is 143 Å². The number of carbonyl (C=O) groups is 2. The minimum Gasteiger partial charge on any atom is -0.481 e. The third-order valence-electron chi connectivity index (χ3n) is 0.980. The molecular formula is C14H32O6Ti. The maximum atomic E-state index is 10.2. The average Bonchev–Trinajstić information content (AvgIpc) is 2.13.